The van der Waals surface area contributed by atoms with Gasteiger partial charge >= 0.3 is 0 Å². The molecule has 1 aromatic heterocycles. The van der Waals surface area contributed by atoms with Crippen molar-refractivity contribution in [2.45, 2.75) is 37.5 Å². The third kappa shape index (κ3) is 4.80. The number of rotatable bonds is 7. The molecule has 0 bridgehead atoms. The van der Waals surface area contributed by atoms with E-state index in [-0.39, 0.29) is 11.3 Å². The maximum Gasteiger partial charge on any atom is 0.261 e. The normalized spacial score (nSPS) is 11.9. The number of hydrogen-bond acceptors (Lipinski definition) is 3. The predicted octanol–water partition coefficient (Wildman–Crippen LogP) is 4.93. The lowest BCUT2D eigenvalue weighted by Crippen LogP contribution is -2.13. The van der Waals surface area contributed by atoms with Crippen molar-refractivity contribution in [1.82, 2.24) is 4.98 Å². The molecule has 0 aliphatic rings. The van der Waals surface area contributed by atoms with Crippen LogP contribution in [0.25, 0.3) is 10.9 Å². The van der Waals surface area contributed by atoms with E-state index in [1.807, 2.05) is 19.1 Å². The molecule has 142 valence electrons. The second-order valence-corrected chi connectivity index (χ2v) is 8.06. The number of anilines is 1. The maximum atomic E-state index is 12.7. The fraction of sp³-hybridized carbons (Fsp3) is 0.250. The molecule has 0 saturated heterocycles. The number of nitrogens with one attached hydrogen (secondary N) is 1. The van der Waals surface area contributed by atoms with Crippen molar-refractivity contribution in [2.24, 2.45) is 0 Å². The van der Waals surface area contributed by atoms with Gasteiger partial charge in [-0.3, -0.25) is 9.71 Å². The molecule has 1 heterocycles. The summed E-state index contributed by atoms with van der Waals surface area (Å²) in [5.41, 5.74) is 2.49. The lowest BCUT2D eigenvalue weighted by atomic mass is 10.1. The SMILES string of the molecule is Cc1ccc(S(=O)(=O)Nc2cccc3ccc(CCCC(F)F)nc23)cc1. The van der Waals surface area contributed by atoms with E-state index in [1.165, 1.54) is 0 Å². The number of benzene rings is 2. The van der Waals surface area contributed by atoms with E-state index in [2.05, 4.69) is 9.71 Å². The molecule has 0 atom stereocenters. The predicted molar refractivity (Wildman–Crippen MR) is 103 cm³/mol. The highest BCUT2D eigenvalue weighted by Gasteiger charge is 2.16. The average molecular weight is 390 g/mol. The summed E-state index contributed by atoms with van der Waals surface area (Å²) in [6, 6.07) is 15.4. The zero-order valence-corrected chi connectivity index (χ0v) is 15.6. The van der Waals surface area contributed by atoms with Gasteiger partial charge in [0.15, 0.2) is 0 Å². The summed E-state index contributed by atoms with van der Waals surface area (Å²) < 4.78 is 52.6. The Labute approximate surface area is 157 Å². The molecule has 0 aliphatic heterocycles. The van der Waals surface area contributed by atoms with Gasteiger partial charge in [-0.2, -0.15) is 0 Å². The summed E-state index contributed by atoms with van der Waals surface area (Å²) >= 11 is 0. The Morgan fingerprint density at radius 1 is 1.04 bits per heavy atom. The van der Waals surface area contributed by atoms with Crippen LogP contribution in [-0.4, -0.2) is 19.8 Å². The van der Waals surface area contributed by atoms with Crippen LogP contribution in [-0.2, 0) is 16.4 Å². The van der Waals surface area contributed by atoms with Crippen molar-refractivity contribution >= 4 is 26.6 Å². The quantitative estimate of drug-likeness (QED) is 0.622. The molecule has 0 unspecified atom stereocenters. The van der Waals surface area contributed by atoms with Gasteiger partial charge in [-0.1, -0.05) is 35.9 Å². The van der Waals surface area contributed by atoms with Crippen molar-refractivity contribution in [3.63, 3.8) is 0 Å². The van der Waals surface area contributed by atoms with Crippen molar-refractivity contribution in [3.8, 4) is 0 Å². The van der Waals surface area contributed by atoms with Gasteiger partial charge in [-0.05, 0) is 44.0 Å². The summed E-state index contributed by atoms with van der Waals surface area (Å²) in [7, 11) is -3.75. The van der Waals surface area contributed by atoms with E-state index < -0.39 is 16.4 Å². The Morgan fingerprint density at radius 3 is 2.48 bits per heavy atom. The average Bonchev–Trinajstić information content (AvgIpc) is 2.62. The molecule has 0 amide bonds. The fourth-order valence-electron chi connectivity index (χ4n) is 2.77. The Hall–Kier alpha value is -2.54. The fourth-order valence-corrected chi connectivity index (χ4v) is 3.83. The largest absolute Gasteiger partial charge is 0.277 e. The van der Waals surface area contributed by atoms with Crippen LogP contribution in [0.15, 0.2) is 59.5 Å². The Bertz CT molecular complexity index is 1040. The van der Waals surface area contributed by atoms with Crippen LogP contribution in [0.4, 0.5) is 14.5 Å². The van der Waals surface area contributed by atoms with Gasteiger partial charge in [-0.25, -0.2) is 17.2 Å². The lowest BCUT2D eigenvalue weighted by molar-refractivity contribution is 0.135. The van der Waals surface area contributed by atoms with E-state index in [4.69, 9.17) is 0 Å². The number of hydrogen-bond donors (Lipinski definition) is 1. The zero-order chi connectivity index (χ0) is 19.4. The number of para-hydroxylation sites is 1. The molecular formula is C20H20F2N2O2S. The number of sulfonamides is 1. The summed E-state index contributed by atoms with van der Waals surface area (Å²) in [6.07, 6.45) is -1.77. The molecule has 3 aromatic rings. The molecule has 2 aromatic carbocycles. The first-order chi connectivity index (χ1) is 12.8. The molecule has 7 heteroatoms. The first kappa shape index (κ1) is 19.2. The molecule has 0 aliphatic carbocycles. The lowest BCUT2D eigenvalue weighted by Gasteiger charge is -2.11. The van der Waals surface area contributed by atoms with Gasteiger partial charge < -0.3 is 0 Å². The van der Waals surface area contributed by atoms with E-state index in [0.717, 1.165) is 10.9 Å². The first-order valence-electron chi connectivity index (χ1n) is 8.61. The van der Waals surface area contributed by atoms with E-state index >= 15 is 0 Å². The summed E-state index contributed by atoms with van der Waals surface area (Å²) in [5.74, 6) is 0. The van der Waals surface area contributed by atoms with Crippen LogP contribution in [0.5, 0.6) is 0 Å². The molecular weight excluding hydrogens is 370 g/mol. The minimum atomic E-state index is -3.75. The Balaban J connectivity index is 1.90. The van der Waals surface area contributed by atoms with Crippen LogP contribution < -0.4 is 4.72 Å². The van der Waals surface area contributed by atoms with Crippen molar-refractivity contribution < 1.29 is 17.2 Å². The topological polar surface area (TPSA) is 59.1 Å². The third-order valence-corrected chi connectivity index (χ3v) is 5.59. The maximum absolute atomic E-state index is 12.7. The number of alkyl halides is 2. The van der Waals surface area contributed by atoms with Gasteiger partial charge in [0.2, 0.25) is 6.43 Å². The van der Waals surface area contributed by atoms with E-state index in [0.29, 0.717) is 29.7 Å². The molecule has 3 rings (SSSR count). The summed E-state index contributed by atoms with van der Waals surface area (Å²) in [6.45, 7) is 1.88. The number of nitrogens with zero attached hydrogens (tertiary/aromatic N) is 1. The first-order valence-corrected chi connectivity index (χ1v) is 10.1. The number of fused-ring (bicyclic) bond motifs is 1. The highest BCUT2D eigenvalue weighted by atomic mass is 32.2. The van der Waals surface area contributed by atoms with Crippen molar-refractivity contribution in [3.05, 3.63) is 65.9 Å². The minimum absolute atomic E-state index is 0.165. The van der Waals surface area contributed by atoms with E-state index in [9.17, 15) is 17.2 Å². The van der Waals surface area contributed by atoms with Gasteiger partial charge in [0.05, 0.1) is 16.1 Å². The van der Waals surface area contributed by atoms with Crippen LogP contribution in [0.3, 0.4) is 0 Å². The van der Waals surface area contributed by atoms with Gasteiger partial charge in [0.25, 0.3) is 10.0 Å². The molecule has 27 heavy (non-hydrogen) atoms. The van der Waals surface area contributed by atoms with Crippen LogP contribution in [0, 0.1) is 6.92 Å². The zero-order valence-electron chi connectivity index (χ0n) is 14.8. The third-order valence-electron chi connectivity index (χ3n) is 4.21. The van der Waals surface area contributed by atoms with Crippen LogP contribution in [0.2, 0.25) is 0 Å². The van der Waals surface area contributed by atoms with Crippen LogP contribution in [0.1, 0.15) is 24.1 Å². The standard InChI is InChI=1S/C20H20F2N2O2S/c1-14-8-12-17(13-9-14)27(25,26)24-18-6-2-4-15-10-11-16(23-20(15)18)5-3-7-19(21)22/h2,4,6,8-13,19,24H,3,5,7H2,1H3. The van der Waals surface area contributed by atoms with Crippen molar-refractivity contribution in [2.75, 3.05) is 4.72 Å². The summed E-state index contributed by atoms with van der Waals surface area (Å²) in [4.78, 5) is 4.66. The second-order valence-electron chi connectivity index (χ2n) is 6.38. The molecule has 1 N–H and O–H groups in total. The molecule has 4 nitrogen and oxygen atoms in total. The number of aryl methyl sites for hydroxylation is 2. The number of aromatic nitrogens is 1. The van der Waals surface area contributed by atoms with E-state index in [1.54, 1.807) is 42.5 Å². The summed E-state index contributed by atoms with van der Waals surface area (Å²) in [5, 5.41) is 0.775. The Kier molecular flexibility index (Phi) is 5.70. The van der Waals surface area contributed by atoms with Crippen molar-refractivity contribution in [1.29, 1.82) is 0 Å². The van der Waals surface area contributed by atoms with Gasteiger partial charge in [-0.15, -0.1) is 0 Å². The highest BCUT2D eigenvalue weighted by molar-refractivity contribution is 7.92. The Morgan fingerprint density at radius 2 is 1.78 bits per heavy atom. The van der Waals surface area contributed by atoms with Gasteiger partial charge in [0.1, 0.15) is 0 Å². The molecule has 0 saturated carbocycles. The second kappa shape index (κ2) is 8.00. The van der Waals surface area contributed by atoms with Gasteiger partial charge in [0, 0.05) is 17.5 Å². The highest BCUT2D eigenvalue weighted by Crippen LogP contribution is 2.25. The minimum Gasteiger partial charge on any atom is -0.277 e. The smallest absolute Gasteiger partial charge is 0.261 e. The monoisotopic (exact) mass is 390 g/mol. The number of halogens is 2. The number of pyridine rings is 1. The molecule has 0 spiro atoms. The van der Waals surface area contributed by atoms with Crippen LogP contribution >= 0.6 is 0 Å². The molecule has 0 radical (unpaired) electrons. The molecule has 0 fully saturated rings.